The zero-order chi connectivity index (χ0) is 13.8. The van der Waals surface area contributed by atoms with Crippen molar-refractivity contribution in [3.8, 4) is 0 Å². The molecule has 0 aliphatic heterocycles. The number of nitrogens with two attached hydrogens (primary N) is 1. The molecule has 0 heterocycles. The van der Waals surface area contributed by atoms with Gasteiger partial charge < -0.3 is 15.8 Å². The molecular formula is C15H18N2O2. The Kier molecular flexibility index (Phi) is 4.02. The van der Waals surface area contributed by atoms with Crippen molar-refractivity contribution in [1.29, 1.82) is 0 Å². The van der Waals surface area contributed by atoms with Gasteiger partial charge in [0.25, 0.3) is 5.91 Å². The highest BCUT2D eigenvalue weighted by Crippen LogP contribution is 2.21. The fraction of sp³-hybridized carbons (Fsp3) is 0.267. The summed E-state index contributed by atoms with van der Waals surface area (Å²) in [6.07, 6.45) is 0. The van der Waals surface area contributed by atoms with Crippen molar-refractivity contribution in [2.45, 2.75) is 13.0 Å². The number of hydrogen-bond acceptors (Lipinski definition) is 3. The van der Waals surface area contributed by atoms with Gasteiger partial charge in [-0.15, -0.1) is 0 Å². The first-order valence-electron chi connectivity index (χ1n) is 6.20. The van der Waals surface area contributed by atoms with Gasteiger partial charge >= 0.3 is 0 Å². The van der Waals surface area contributed by atoms with Crippen molar-refractivity contribution < 1.29 is 9.53 Å². The third kappa shape index (κ3) is 3.03. The molecule has 0 radical (unpaired) electrons. The number of carbonyl (C=O) groups is 1. The molecule has 0 spiro atoms. The number of nitrogen functional groups attached to an aromatic ring is 1. The third-order valence-corrected chi connectivity index (χ3v) is 2.96. The first kappa shape index (κ1) is 13.4. The Hall–Kier alpha value is -2.07. The summed E-state index contributed by atoms with van der Waals surface area (Å²) in [5, 5.41) is 4.89. The van der Waals surface area contributed by atoms with Gasteiger partial charge in [0.2, 0.25) is 0 Å². The zero-order valence-corrected chi connectivity index (χ0v) is 11.1. The molecule has 0 aliphatic carbocycles. The second-order valence-corrected chi connectivity index (χ2v) is 4.62. The molecule has 2 aromatic rings. The minimum absolute atomic E-state index is 0.0524. The maximum Gasteiger partial charge on any atom is 0.253 e. The molecule has 0 bridgehead atoms. The summed E-state index contributed by atoms with van der Waals surface area (Å²) >= 11 is 0. The quantitative estimate of drug-likeness (QED) is 0.826. The average Bonchev–Trinajstić information content (AvgIpc) is 2.38. The van der Waals surface area contributed by atoms with Crippen LogP contribution < -0.4 is 11.1 Å². The van der Waals surface area contributed by atoms with Crippen LogP contribution in [0.2, 0.25) is 0 Å². The highest BCUT2D eigenvalue weighted by molar-refractivity contribution is 6.04. The monoisotopic (exact) mass is 258 g/mol. The SMILES string of the molecule is COCC(C)NC(=O)c1cc2ccccc2cc1N. The molecule has 0 fully saturated rings. The van der Waals surface area contributed by atoms with Crippen LogP contribution in [0.5, 0.6) is 0 Å². The van der Waals surface area contributed by atoms with Crippen LogP contribution in [0.3, 0.4) is 0 Å². The number of anilines is 1. The van der Waals surface area contributed by atoms with E-state index in [0.717, 1.165) is 10.8 Å². The van der Waals surface area contributed by atoms with E-state index < -0.39 is 0 Å². The molecule has 1 unspecified atom stereocenters. The molecule has 2 aromatic carbocycles. The lowest BCUT2D eigenvalue weighted by atomic mass is 10.0. The van der Waals surface area contributed by atoms with E-state index in [4.69, 9.17) is 10.5 Å². The lowest BCUT2D eigenvalue weighted by molar-refractivity contribution is 0.0906. The fourth-order valence-corrected chi connectivity index (χ4v) is 2.05. The minimum Gasteiger partial charge on any atom is -0.398 e. The Bertz CT molecular complexity index is 596. The molecule has 4 nitrogen and oxygen atoms in total. The normalized spacial score (nSPS) is 12.3. The van der Waals surface area contributed by atoms with Crippen molar-refractivity contribution in [2.24, 2.45) is 0 Å². The largest absolute Gasteiger partial charge is 0.398 e. The van der Waals surface area contributed by atoms with Gasteiger partial charge in [0.05, 0.1) is 12.2 Å². The molecular weight excluding hydrogens is 240 g/mol. The second-order valence-electron chi connectivity index (χ2n) is 4.62. The van der Waals surface area contributed by atoms with Crippen LogP contribution in [0.4, 0.5) is 5.69 Å². The van der Waals surface area contributed by atoms with Gasteiger partial charge in [0.15, 0.2) is 0 Å². The number of rotatable bonds is 4. The Balaban J connectivity index is 2.29. The number of amides is 1. The van der Waals surface area contributed by atoms with E-state index in [9.17, 15) is 4.79 Å². The molecule has 4 heteroatoms. The van der Waals surface area contributed by atoms with E-state index in [1.807, 2.05) is 43.3 Å². The topological polar surface area (TPSA) is 64.3 Å². The first-order chi connectivity index (χ1) is 9.11. The average molecular weight is 258 g/mol. The number of carbonyl (C=O) groups excluding carboxylic acids is 1. The number of benzene rings is 2. The summed E-state index contributed by atoms with van der Waals surface area (Å²) in [5.74, 6) is -0.173. The van der Waals surface area contributed by atoms with Gasteiger partial charge in [-0.05, 0) is 29.8 Å². The summed E-state index contributed by atoms with van der Waals surface area (Å²) in [5.41, 5.74) is 6.93. The molecule has 1 amide bonds. The summed E-state index contributed by atoms with van der Waals surface area (Å²) in [7, 11) is 1.60. The zero-order valence-electron chi connectivity index (χ0n) is 11.1. The fourth-order valence-electron chi connectivity index (χ4n) is 2.05. The Morgan fingerprint density at radius 2 is 1.95 bits per heavy atom. The number of nitrogens with one attached hydrogen (secondary N) is 1. The molecule has 1 atom stereocenters. The summed E-state index contributed by atoms with van der Waals surface area (Å²) in [6, 6.07) is 11.4. The summed E-state index contributed by atoms with van der Waals surface area (Å²) < 4.78 is 4.99. The number of methoxy groups -OCH3 is 1. The Morgan fingerprint density at radius 3 is 2.58 bits per heavy atom. The Morgan fingerprint density at radius 1 is 1.32 bits per heavy atom. The second kappa shape index (κ2) is 5.71. The van der Waals surface area contributed by atoms with Gasteiger partial charge in [-0.25, -0.2) is 0 Å². The summed E-state index contributed by atoms with van der Waals surface area (Å²) in [4.78, 5) is 12.1. The number of hydrogen-bond donors (Lipinski definition) is 2. The van der Waals surface area contributed by atoms with Crippen LogP contribution in [-0.2, 0) is 4.74 Å². The lowest BCUT2D eigenvalue weighted by Gasteiger charge is -2.14. The molecule has 0 aliphatic rings. The minimum atomic E-state index is -0.173. The van der Waals surface area contributed by atoms with Crippen LogP contribution >= 0.6 is 0 Å². The molecule has 0 aromatic heterocycles. The van der Waals surface area contributed by atoms with Gasteiger partial charge in [-0.1, -0.05) is 24.3 Å². The van der Waals surface area contributed by atoms with Gasteiger partial charge in [-0.2, -0.15) is 0 Å². The van der Waals surface area contributed by atoms with Crippen LogP contribution in [0, 0.1) is 0 Å². The highest BCUT2D eigenvalue weighted by atomic mass is 16.5. The van der Waals surface area contributed by atoms with Crippen LogP contribution in [0.25, 0.3) is 10.8 Å². The summed E-state index contributed by atoms with van der Waals surface area (Å²) in [6.45, 7) is 2.36. The Labute approximate surface area is 112 Å². The van der Waals surface area contributed by atoms with Gasteiger partial charge in [-0.3, -0.25) is 4.79 Å². The van der Waals surface area contributed by atoms with Crippen molar-refractivity contribution in [3.63, 3.8) is 0 Å². The van der Waals surface area contributed by atoms with Crippen LogP contribution in [0.15, 0.2) is 36.4 Å². The van der Waals surface area contributed by atoms with Crippen molar-refractivity contribution in [2.75, 3.05) is 19.5 Å². The molecule has 0 saturated carbocycles. The van der Waals surface area contributed by atoms with E-state index in [-0.39, 0.29) is 11.9 Å². The molecule has 100 valence electrons. The van der Waals surface area contributed by atoms with Crippen molar-refractivity contribution in [3.05, 3.63) is 42.0 Å². The standard InChI is InChI=1S/C15H18N2O2/c1-10(9-19-2)17-15(18)13-7-11-5-3-4-6-12(11)8-14(13)16/h3-8,10H,9,16H2,1-2H3,(H,17,18). The molecule has 2 rings (SSSR count). The highest BCUT2D eigenvalue weighted by Gasteiger charge is 2.13. The van der Waals surface area contributed by atoms with E-state index in [1.165, 1.54) is 0 Å². The maximum absolute atomic E-state index is 12.1. The van der Waals surface area contributed by atoms with Crippen LogP contribution in [0.1, 0.15) is 17.3 Å². The molecule has 19 heavy (non-hydrogen) atoms. The predicted octanol–water partition coefficient (Wildman–Crippen LogP) is 2.19. The third-order valence-electron chi connectivity index (χ3n) is 2.96. The molecule has 0 saturated heterocycles. The van der Waals surface area contributed by atoms with Gasteiger partial charge in [0.1, 0.15) is 0 Å². The first-order valence-corrected chi connectivity index (χ1v) is 6.20. The van der Waals surface area contributed by atoms with Crippen LogP contribution in [-0.4, -0.2) is 25.7 Å². The van der Waals surface area contributed by atoms with Crippen molar-refractivity contribution >= 4 is 22.4 Å². The van der Waals surface area contributed by atoms with E-state index >= 15 is 0 Å². The lowest BCUT2D eigenvalue weighted by Crippen LogP contribution is -2.35. The van der Waals surface area contributed by atoms with E-state index in [1.54, 1.807) is 7.11 Å². The predicted molar refractivity (Wildman–Crippen MR) is 77.2 cm³/mol. The van der Waals surface area contributed by atoms with Gasteiger partial charge in [0, 0.05) is 18.8 Å². The number of ether oxygens (including phenoxy) is 1. The van der Waals surface area contributed by atoms with E-state index in [0.29, 0.717) is 17.9 Å². The maximum atomic E-state index is 12.1. The van der Waals surface area contributed by atoms with E-state index in [2.05, 4.69) is 5.32 Å². The smallest absolute Gasteiger partial charge is 0.253 e. The number of fused-ring (bicyclic) bond motifs is 1. The molecule has 3 N–H and O–H groups in total. The van der Waals surface area contributed by atoms with Crippen molar-refractivity contribution in [1.82, 2.24) is 5.32 Å².